The molecular formula is C20H25N5O5S. The van der Waals surface area contributed by atoms with Crippen molar-refractivity contribution in [1.29, 1.82) is 0 Å². The van der Waals surface area contributed by atoms with Crippen LogP contribution in [-0.4, -0.2) is 72.7 Å². The highest BCUT2D eigenvalue weighted by atomic mass is 32.2. The number of hydrogen-bond acceptors (Lipinski definition) is 7. The molecule has 11 heteroatoms. The van der Waals surface area contributed by atoms with Crippen LogP contribution in [0.2, 0.25) is 0 Å². The third kappa shape index (κ3) is 4.67. The number of nitro benzene ring substituents is 1. The first-order valence-electron chi connectivity index (χ1n) is 10.0. The van der Waals surface area contributed by atoms with E-state index in [1.165, 1.54) is 16.4 Å². The summed E-state index contributed by atoms with van der Waals surface area (Å²) in [6.07, 6.45) is 3.11. The van der Waals surface area contributed by atoms with E-state index in [0.29, 0.717) is 37.4 Å². The molecule has 31 heavy (non-hydrogen) atoms. The molecule has 1 fully saturated rings. The highest BCUT2D eigenvalue weighted by Gasteiger charge is 2.29. The molecule has 1 amide bonds. The summed E-state index contributed by atoms with van der Waals surface area (Å²) in [6, 6.07) is 7.31. The van der Waals surface area contributed by atoms with Crippen LogP contribution in [0.4, 0.5) is 11.4 Å². The van der Waals surface area contributed by atoms with Gasteiger partial charge in [0.05, 0.1) is 9.82 Å². The summed E-state index contributed by atoms with van der Waals surface area (Å²) in [7, 11) is -3.80. The first-order chi connectivity index (χ1) is 14.8. The van der Waals surface area contributed by atoms with Crippen LogP contribution in [0.15, 0.2) is 47.6 Å². The minimum Gasteiger partial charge on any atom is -0.362 e. The van der Waals surface area contributed by atoms with Gasteiger partial charge in [0.1, 0.15) is 5.69 Å². The highest BCUT2D eigenvalue weighted by molar-refractivity contribution is 7.89. The van der Waals surface area contributed by atoms with Crippen molar-refractivity contribution in [2.75, 3.05) is 44.2 Å². The summed E-state index contributed by atoms with van der Waals surface area (Å²) < 4.78 is 26.8. The molecule has 0 bridgehead atoms. The monoisotopic (exact) mass is 447 g/mol. The Morgan fingerprint density at radius 3 is 2.26 bits per heavy atom. The molecule has 1 aromatic heterocycles. The molecule has 0 radical (unpaired) electrons. The van der Waals surface area contributed by atoms with E-state index in [1.807, 2.05) is 4.90 Å². The van der Waals surface area contributed by atoms with E-state index in [4.69, 9.17) is 0 Å². The summed E-state index contributed by atoms with van der Waals surface area (Å²) >= 11 is 0. The van der Waals surface area contributed by atoms with Gasteiger partial charge in [-0.25, -0.2) is 8.42 Å². The Morgan fingerprint density at radius 1 is 1.10 bits per heavy atom. The van der Waals surface area contributed by atoms with Gasteiger partial charge in [-0.1, -0.05) is 13.8 Å². The predicted octanol–water partition coefficient (Wildman–Crippen LogP) is 1.98. The zero-order valence-electron chi connectivity index (χ0n) is 17.5. The van der Waals surface area contributed by atoms with Gasteiger partial charge in [0, 0.05) is 63.3 Å². The summed E-state index contributed by atoms with van der Waals surface area (Å²) in [5, 5.41) is 11.7. The van der Waals surface area contributed by atoms with Crippen LogP contribution in [0, 0.1) is 10.1 Å². The minimum absolute atomic E-state index is 0.0989. The zero-order chi connectivity index (χ0) is 22.6. The molecule has 10 nitrogen and oxygen atoms in total. The predicted molar refractivity (Wildman–Crippen MR) is 116 cm³/mol. The zero-order valence-corrected chi connectivity index (χ0v) is 18.3. The van der Waals surface area contributed by atoms with E-state index in [0.717, 1.165) is 6.07 Å². The fourth-order valence-corrected chi connectivity index (χ4v) is 5.10. The maximum atomic E-state index is 12.8. The number of nitrogens with zero attached hydrogens (tertiary/aromatic N) is 5. The molecule has 0 N–H and O–H groups in total. The van der Waals surface area contributed by atoms with E-state index in [-0.39, 0.29) is 29.6 Å². The normalized spacial score (nSPS) is 14.7. The van der Waals surface area contributed by atoms with E-state index in [2.05, 4.69) is 4.98 Å². The number of piperazine rings is 1. The Bertz CT molecular complexity index is 1050. The van der Waals surface area contributed by atoms with Gasteiger partial charge in [0.25, 0.3) is 11.6 Å². The Labute approximate surface area is 181 Å². The summed E-state index contributed by atoms with van der Waals surface area (Å²) in [5.74, 6) is -0.114. The molecule has 3 rings (SSSR count). The number of aromatic nitrogens is 1. The Balaban J connectivity index is 1.81. The second-order valence-corrected chi connectivity index (χ2v) is 8.95. The van der Waals surface area contributed by atoms with Crippen molar-refractivity contribution in [3.63, 3.8) is 0 Å². The van der Waals surface area contributed by atoms with Crippen LogP contribution >= 0.6 is 0 Å². The van der Waals surface area contributed by atoms with Crippen molar-refractivity contribution in [1.82, 2.24) is 14.2 Å². The van der Waals surface area contributed by atoms with E-state index in [1.54, 1.807) is 43.3 Å². The molecule has 1 saturated heterocycles. The molecule has 1 aliphatic heterocycles. The van der Waals surface area contributed by atoms with Crippen LogP contribution in [0.3, 0.4) is 0 Å². The number of sulfonamides is 1. The molecule has 166 valence electrons. The lowest BCUT2D eigenvalue weighted by Gasteiger charge is -2.36. The van der Waals surface area contributed by atoms with Crippen LogP contribution in [-0.2, 0) is 10.0 Å². The molecule has 1 aromatic carbocycles. The maximum absolute atomic E-state index is 12.8. The molecule has 0 saturated carbocycles. The van der Waals surface area contributed by atoms with Crippen molar-refractivity contribution in [2.24, 2.45) is 0 Å². The molecule has 1 aliphatic rings. The Kier molecular flexibility index (Phi) is 6.86. The number of amides is 1. The smallest absolute Gasteiger partial charge is 0.293 e. The second kappa shape index (κ2) is 9.40. The van der Waals surface area contributed by atoms with E-state index in [9.17, 15) is 23.3 Å². The lowest BCUT2D eigenvalue weighted by molar-refractivity contribution is -0.384. The fourth-order valence-electron chi connectivity index (χ4n) is 3.62. The number of rotatable bonds is 7. The number of carbonyl (C=O) groups is 1. The third-order valence-corrected chi connectivity index (χ3v) is 7.37. The number of hydrogen-bond donors (Lipinski definition) is 0. The van der Waals surface area contributed by atoms with Gasteiger partial charge in [-0.05, 0) is 24.3 Å². The largest absolute Gasteiger partial charge is 0.362 e. The van der Waals surface area contributed by atoms with Gasteiger partial charge in [0.15, 0.2) is 0 Å². The lowest BCUT2D eigenvalue weighted by Crippen LogP contribution is -2.49. The average molecular weight is 448 g/mol. The topological polar surface area (TPSA) is 117 Å². The third-order valence-electron chi connectivity index (χ3n) is 5.32. The van der Waals surface area contributed by atoms with Crippen molar-refractivity contribution in [3.8, 4) is 0 Å². The van der Waals surface area contributed by atoms with Crippen molar-refractivity contribution in [2.45, 2.75) is 18.7 Å². The van der Waals surface area contributed by atoms with Gasteiger partial charge in [0.2, 0.25) is 10.0 Å². The number of anilines is 1. The van der Waals surface area contributed by atoms with Crippen molar-refractivity contribution in [3.05, 3.63) is 58.4 Å². The van der Waals surface area contributed by atoms with Gasteiger partial charge in [-0.3, -0.25) is 19.9 Å². The van der Waals surface area contributed by atoms with Crippen molar-refractivity contribution < 1.29 is 18.1 Å². The maximum Gasteiger partial charge on any atom is 0.293 e. The highest BCUT2D eigenvalue weighted by Crippen LogP contribution is 2.32. The van der Waals surface area contributed by atoms with Gasteiger partial charge in [-0.15, -0.1) is 0 Å². The van der Waals surface area contributed by atoms with Crippen molar-refractivity contribution >= 4 is 27.3 Å². The Hall–Kier alpha value is -3.05. The van der Waals surface area contributed by atoms with E-state index < -0.39 is 14.9 Å². The molecule has 0 unspecified atom stereocenters. The summed E-state index contributed by atoms with van der Waals surface area (Å²) in [4.78, 5) is 31.0. The first-order valence-corrected chi connectivity index (χ1v) is 11.5. The molecule has 0 aliphatic carbocycles. The minimum atomic E-state index is -3.80. The number of pyridine rings is 1. The SMILES string of the molecule is CCN(CC)S(=O)(=O)c1ccc(N2CCN(C(=O)c3ccncc3)CC2)c([N+](=O)[O-])c1. The Morgan fingerprint density at radius 2 is 1.71 bits per heavy atom. The molecule has 0 spiro atoms. The van der Waals surface area contributed by atoms with Crippen LogP contribution in [0.25, 0.3) is 0 Å². The molecule has 2 heterocycles. The number of carbonyl (C=O) groups excluding carboxylic acids is 1. The van der Waals surface area contributed by atoms with Crippen LogP contribution in [0.1, 0.15) is 24.2 Å². The summed E-state index contributed by atoms with van der Waals surface area (Å²) in [6.45, 7) is 5.60. The molecule has 2 aromatic rings. The number of benzene rings is 1. The first kappa shape index (κ1) is 22.6. The van der Waals surface area contributed by atoms with E-state index >= 15 is 0 Å². The van der Waals surface area contributed by atoms with Crippen LogP contribution < -0.4 is 4.90 Å². The standard InChI is InChI=1S/C20H25N5O5S/c1-3-24(4-2)31(29,30)17-5-6-18(19(15-17)25(27)28)22-11-13-23(14-12-22)20(26)16-7-9-21-10-8-16/h5-10,15H,3-4,11-14H2,1-2H3. The fraction of sp³-hybridized carbons (Fsp3) is 0.400. The van der Waals surface area contributed by atoms with Crippen LogP contribution in [0.5, 0.6) is 0 Å². The molecular weight excluding hydrogens is 422 g/mol. The van der Waals surface area contributed by atoms with Gasteiger partial charge in [-0.2, -0.15) is 4.31 Å². The van der Waals surface area contributed by atoms with Gasteiger partial charge < -0.3 is 9.80 Å². The van der Waals surface area contributed by atoms with Gasteiger partial charge >= 0.3 is 0 Å². The second-order valence-electron chi connectivity index (χ2n) is 7.01. The lowest BCUT2D eigenvalue weighted by atomic mass is 10.2. The summed E-state index contributed by atoms with van der Waals surface area (Å²) in [5.41, 5.74) is 0.627. The average Bonchev–Trinajstić information content (AvgIpc) is 2.79. The molecule has 0 atom stereocenters. The number of nitro groups is 1. The quantitative estimate of drug-likeness (QED) is 0.470.